The van der Waals surface area contributed by atoms with Crippen LogP contribution in [0.3, 0.4) is 0 Å². The first-order valence-corrected chi connectivity index (χ1v) is 12.8. The monoisotopic (exact) mass is 459 g/mol. The van der Waals surface area contributed by atoms with Gasteiger partial charge in [-0.25, -0.2) is 8.42 Å². The Labute approximate surface area is 188 Å². The van der Waals surface area contributed by atoms with Crippen molar-refractivity contribution < 1.29 is 22.7 Å². The Morgan fingerprint density at radius 2 is 1.78 bits per heavy atom. The van der Waals surface area contributed by atoms with E-state index in [9.17, 15) is 13.2 Å². The Morgan fingerprint density at radius 3 is 2.50 bits per heavy atom. The van der Waals surface area contributed by atoms with Crippen molar-refractivity contribution in [1.29, 1.82) is 0 Å². The molecule has 1 aromatic carbocycles. The van der Waals surface area contributed by atoms with E-state index in [-0.39, 0.29) is 5.91 Å². The second kappa shape index (κ2) is 8.70. The first-order chi connectivity index (χ1) is 15.5. The van der Waals surface area contributed by atoms with Crippen LogP contribution in [-0.2, 0) is 24.3 Å². The molecule has 0 radical (unpaired) electrons. The Balaban J connectivity index is 1.18. The summed E-state index contributed by atoms with van der Waals surface area (Å²) in [6, 6.07) is 6.98. The molecule has 172 valence electrons. The van der Waals surface area contributed by atoms with E-state index in [1.54, 1.807) is 30.6 Å². The average Bonchev–Trinajstić information content (AvgIpc) is 3.28. The number of aromatic nitrogens is 1. The van der Waals surface area contributed by atoms with E-state index in [1.165, 1.54) is 4.31 Å². The third kappa shape index (κ3) is 4.14. The number of fused-ring (bicyclic) bond motifs is 1. The van der Waals surface area contributed by atoms with Gasteiger partial charge in [-0.05, 0) is 30.9 Å². The fourth-order valence-electron chi connectivity index (χ4n) is 5.12. The summed E-state index contributed by atoms with van der Waals surface area (Å²) < 4.78 is 39.6. The van der Waals surface area contributed by atoms with Crippen LogP contribution in [-0.4, -0.2) is 73.7 Å². The first kappa shape index (κ1) is 21.8. The van der Waals surface area contributed by atoms with Crippen LogP contribution in [0.2, 0.25) is 0 Å². The van der Waals surface area contributed by atoms with Gasteiger partial charge in [0.2, 0.25) is 15.9 Å². The summed E-state index contributed by atoms with van der Waals surface area (Å²) in [5.74, 6) is 0.0523. The molecule has 3 heterocycles. The van der Waals surface area contributed by atoms with Crippen LogP contribution in [0.15, 0.2) is 41.6 Å². The van der Waals surface area contributed by atoms with E-state index in [0.717, 1.165) is 31.1 Å². The topological polar surface area (TPSA) is 89.0 Å². The highest BCUT2D eigenvalue weighted by Gasteiger charge is 2.41. The normalized spacial score (nSPS) is 22.6. The molecule has 0 unspecified atom stereocenters. The van der Waals surface area contributed by atoms with Gasteiger partial charge in [0, 0.05) is 68.6 Å². The van der Waals surface area contributed by atoms with Gasteiger partial charge in [0.15, 0.2) is 5.79 Å². The van der Waals surface area contributed by atoms with Crippen LogP contribution in [0, 0.1) is 5.92 Å². The number of pyridine rings is 1. The van der Waals surface area contributed by atoms with Crippen molar-refractivity contribution in [2.45, 2.75) is 42.8 Å². The molecule has 32 heavy (non-hydrogen) atoms. The second-order valence-electron chi connectivity index (χ2n) is 8.89. The fourth-order valence-corrected chi connectivity index (χ4v) is 6.75. The van der Waals surface area contributed by atoms with E-state index in [0.29, 0.717) is 62.0 Å². The summed E-state index contributed by atoms with van der Waals surface area (Å²) in [5.41, 5.74) is 0. The summed E-state index contributed by atoms with van der Waals surface area (Å²) in [5, 5.41) is 1.47. The Kier molecular flexibility index (Phi) is 5.92. The first-order valence-electron chi connectivity index (χ1n) is 11.4. The minimum Gasteiger partial charge on any atom is -0.348 e. The lowest BCUT2D eigenvalue weighted by Gasteiger charge is -2.37. The number of hydrogen-bond acceptors (Lipinski definition) is 6. The molecular formula is C23H29N3O5S. The minimum atomic E-state index is -3.64. The zero-order valence-corrected chi connectivity index (χ0v) is 18.9. The highest BCUT2D eigenvalue weighted by Crippen LogP contribution is 2.39. The number of sulfonamides is 1. The molecule has 1 aromatic heterocycles. The number of ether oxygens (including phenoxy) is 2. The molecule has 5 rings (SSSR count). The van der Waals surface area contributed by atoms with Gasteiger partial charge < -0.3 is 14.4 Å². The van der Waals surface area contributed by atoms with Crippen molar-refractivity contribution >= 4 is 26.7 Å². The highest BCUT2D eigenvalue weighted by atomic mass is 32.2. The van der Waals surface area contributed by atoms with Crippen molar-refractivity contribution in [3.8, 4) is 0 Å². The summed E-state index contributed by atoms with van der Waals surface area (Å²) in [6.45, 7) is 2.79. The molecule has 0 N–H and O–H groups in total. The number of piperazine rings is 1. The molecule has 1 amide bonds. The van der Waals surface area contributed by atoms with Crippen molar-refractivity contribution in [2.24, 2.45) is 5.92 Å². The number of amides is 1. The fraction of sp³-hybridized carbons (Fsp3) is 0.565. The highest BCUT2D eigenvalue weighted by molar-refractivity contribution is 7.89. The van der Waals surface area contributed by atoms with Crippen LogP contribution in [0.4, 0.5) is 0 Å². The number of hydrogen-bond donors (Lipinski definition) is 0. The van der Waals surface area contributed by atoms with Gasteiger partial charge in [0.05, 0.1) is 18.1 Å². The van der Waals surface area contributed by atoms with Crippen molar-refractivity contribution in [1.82, 2.24) is 14.2 Å². The predicted octanol–water partition coefficient (Wildman–Crippen LogP) is 2.39. The van der Waals surface area contributed by atoms with Crippen molar-refractivity contribution in [3.05, 3.63) is 36.7 Å². The van der Waals surface area contributed by atoms with Crippen LogP contribution < -0.4 is 0 Å². The van der Waals surface area contributed by atoms with E-state index < -0.39 is 15.8 Å². The molecule has 1 saturated carbocycles. The van der Waals surface area contributed by atoms with Crippen LogP contribution in [0.1, 0.15) is 32.1 Å². The minimum absolute atomic E-state index is 0.118. The molecule has 0 bridgehead atoms. The maximum Gasteiger partial charge on any atom is 0.243 e. The molecule has 2 saturated heterocycles. The third-order valence-corrected chi connectivity index (χ3v) is 8.95. The summed E-state index contributed by atoms with van der Waals surface area (Å²) >= 11 is 0. The number of nitrogens with zero attached hydrogens (tertiary/aromatic N) is 3. The number of rotatable bonds is 4. The molecule has 0 atom stereocenters. The summed E-state index contributed by atoms with van der Waals surface area (Å²) in [6.07, 6.45) is 7.33. The maximum absolute atomic E-state index is 13.3. The van der Waals surface area contributed by atoms with E-state index in [4.69, 9.17) is 9.47 Å². The van der Waals surface area contributed by atoms with E-state index in [1.807, 2.05) is 11.0 Å². The van der Waals surface area contributed by atoms with Crippen LogP contribution in [0.5, 0.6) is 0 Å². The number of carbonyl (C=O) groups excluding carboxylic acids is 1. The molecule has 8 nitrogen and oxygen atoms in total. The van der Waals surface area contributed by atoms with Crippen molar-refractivity contribution in [3.63, 3.8) is 0 Å². The zero-order chi connectivity index (χ0) is 22.2. The predicted molar refractivity (Wildman–Crippen MR) is 118 cm³/mol. The number of carbonyl (C=O) groups is 1. The molecule has 3 fully saturated rings. The largest absolute Gasteiger partial charge is 0.348 e. The second-order valence-corrected chi connectivity index (χ2v) is 10.8. The van der Waals surface area contributed by atoms with Gasteiger partial charge in [0.1, 0.15) is 0 Å². The Bertz CT molecular complexity index is 1080. The SMILES string of the molecule is O=C(CC1CCC2(CC1)OCCO2)N1CCN(S(=O)(=O)c2cccc3cnccc23)CC1. The van der Waals surface area contributed by atoms with E-state index in [2.05, 4.69) is 4.98 Å². The van der Waals surface area contributed by atoms with E-state index >= 15 is 0 Å². The lowest BCUT2D eigenvalue weighted by atomic mass is 9.83. The average molecular weight is 460 g/mol. The maximum atomic E-state index is 13.3. The number of benzene rings is 1. The molecule has 2 aromatic rings. The third-order valence-electron chi connectivity index (χ3n) is 6.99. The lowest BCUT2D eigenvalue weighted by molar-refractivity contribution is -0.183. The molecular weight excluding hydrogens is 430 g/mol. The van der Waals surface area contributed by atoms with Gasteiger partial charge >= 0.3 is 0 Å². The molecule has 1 aliphatic carbocycles. The molecule has 3 aliphatic rings. The van der Waals surface area contributed by atoms with Gasteiger partial charge in [-0.15, -0.1) is 0 Å². The zero-order valence-electron chi connectivity index (χ0n) is 18.1. The van der Waals surface area contributed by atoms with Crippen LogP contribution in [0.25, 0.3) is 10.8 Å². The summed E-state index contributed by atoms with van der Waals surface area (Å²) in [7, 11) is -3.64. The van der Waals surface area contributed by atoms with Crippen molar-refractivity contribution in [2.75, 3.05) is 39.4 Å². The van der Waals surface area contributed by atoms with Gasteiger partial charge in [-0.3, -0.25) is 9.78 Å². The summed E-state index contributed by atoms with van der Waals surface area (Å²) in [4.78, 5) is 19.1. The standard InChI is InChI=1S/C23H29N3O5S/c27-22(16-18-4-7-23(8-5-18)30-14-15-31-23)25-10-12-26(13-11-25)32(28,29)21-3-1-2-19-17-24-9-6-20(19)21/h1-3,6,9,17-18H,4-5,7-8,10-16H2. The Morgan fingerprint density at radius 1 is 1.06 bits per heavy atom. The van der Waals surface area contributed by atoms with Gasteiger partial charge in [0.25, 0.3) is 0 Å². The van der Waals surface area contributed by atoms with Gasteiger partial charge in [-0.2, -0.15) is 4.31 Å². The lowest BCUT2D eigenvalue weighted by Crippen LogP contribution is -2.50. The quantitative estimate of drug-likeness (QED) is 0.698. The molecule has 1 spiro atoms. The Hall–Kier alpha value is -2.07. The van der Waals surface area contributed by atoms with Gasteiger partial charge in [-0.1, -0.05) is 12.1 Å². The van der Waals surface area contributed by atoms with Crippen LogP contribution >= 0.6 is 0 Å². The molecule has 2 aliphatic heterocycles. The smallest absolute Gasteiger partial charge is 0.243 e. The molecule has 9 heteroatoms.